The van der Waals surface area contributed by atoms with Gasteiger partial charge in [-0.1, -0.05) is 41.9 Å². The highest BCUT2D eigenvalue weighted by Gasteiger charge is 2.46. The Hall–Kier alpha value is -2.30. The van der Waals surface area contributed by atoms with Crippen LogP contribution < -0.4 is 5.73 Å². The van der Waals surface area contributed by atoms with Crippen molar-refractivity contribution < 1.29 is 19.3 Å². The van der Waals surface area contributed by atoms with E-state index in [0.29, 0.717) is 17.8 Å². The van der Waals surface area contributed by atoms with Crippen LogP contribution in [0.15, 0.2) is 36.7 Å². The zero-order valence-corrected chi connectivity index (χ0v) is 15.4. The number of rotatable bonds is 2. The molecular formula is C18H18ClN5O4. The van der Waals surface area contributed by atoms with Gasteiger partial charge in [-0.15, -0.1) is 0 Å². The summed E-state index contributed by atoms with van der Waals surface area (Å²) in [4.78, 5) is 12.4. The lowest BCUT2D eigenvalue weighted by molar-refractivity contribution is -0.306. The summed E-state index contributed by atoms with van der Waals surface area (Å²) in [7, 11) is 0. The summed E-state index contributed by atoms with van der Waals surface area (Å²) in [5, 5.41) is 11.2. The molecule has 0 unspecified atom stereocenters. The van der Waals surface area contributed by atoms with Crippen molar-refractivity contribution in [3.8, 4) is 0 Å². The van der Waals surface area contributed by atoms with Crippen molar-refractivity contribution >= 4 is 28.7 Å². The van der Waals surface area contributed by atoms with E-state index in [1.807, 2.05) is 30.3 Å². The lowest BCUT2D eigenvalue weighted by Crippen LogP contribution is -2.56. The fraction of sp³-hybridized carbons (Fsp3) is 0.389. The van der Waals surface area contributed by atoms with Crippen LogP contribution in [0.5, 0.6) is 0 Å². The normalized spacial score (nSPS) is 30.3. The number of aromatic nitrogens is 4. The standard InChI is InChI=1S/C18H18ClN5O4/c19-15-12-16(23-18(20)22-15)24(8-21-12)10-6-26-11-7-27-17(28-14(11)13(10)25)9-4-2-1-3-5-9/h1-5,8,10-11,13-14,17,25H,6-7H2,(H2,20,22,23)/t10-,11-,13+,14-,17-/m1/s1. The van der Waals surface area contributed by atoms with E-state index in [2.05, 4.69) is 15.0 Å². The van der Waals surface area contributed by atoms with Gasteiger partial charge in [-0.05, 0) is 0 Å². The van der Waals surface area contributed by atoms with Gasteiger partial charge in [0.1, 0.15) is 23.8 Å². The summed E-state index contributed by atoms with van der Waals surface area (Å²) < 4.78 is 19.5. The molecule has 3 N–H and O–H groups in total. The minimum Gasteiger partial charge on any atom is -0.388 e. The van der Waals surface area contributed by atoms with E-state index in [0.717, 1.165) is 5.56 Å². The van der Waals surface area contributed by atoms with E-state index in [-0.39, 0.29) is 23.8 Å². The van der Waals surface area contributed by atoms with Crippen LogP contribution in [0.1, 0.15) is 17.9 Å². The number of hydrogen-bond acceptors (Lipinski definition) is 8. The lowest BCUT2D eigenvalue weighted by atomic mass is 9.97. The van der Waals surface area contributed by atoms with Gasteiger partial charge >= 0.3 is 0 Å². The highest BCUT2D eigenvalue weighted by atomic mass is 35.5. The number of halogens is 1. The molecule has 4 heterocycles. The van der Waals surface area contributed by atoms with Crippen LogP contribution in [0.25, 0.3) is 11.2 Å². The minimum absolute atomic E-state index is 0.0369. The van der Waals surface area contributed by atoms with Crippen molar-refractivity contribution in [2.45, 2.75) is 30.6 Å². The maximum atomic E-state index is 11.1. The molecule has 5 rings (SSSR count). The molecule has 0 radical (unpaired) electrons. The quantitative estimate of drug-likeness (QED) is 0.618. The van der Waals surface area contributed by atoms with Crippen molar-refractivity contribution in [1.29, 1.82) is 0 Å². The Balaban J connectivity index is 1.44. The first-order valence-electron chi connectivity index (χ1n) is 8.89. The van der Waals surface area contributed by atoms with Crippen molar-refractivity contribution in [1.82, 2.24) is 19.5 Å². The monoisotopic (exact) mass is 403 g/mol. The predicted molar refractivity (Wildman–Crippen MR) is 99.5 cm³/mol. The zero-order valence-electron chi connectivity index (χ0n) is 14.7. The van der Waals surface area contributed by atoms with Gasteiger partial charge in [0, 0.05) is 5.56 Å². The molecule has 0 bridgehead atoms. The van der Waals surface area contributed by atoms with E-state index < -0.39 is 24.5 Å². The Bertz CT molecular complexity index is 1000. The maximum absolute atomic E-state index is 11.1. The highest BCUT2D eigenvalue weighted by Crippen LogP contribution is 2.36. The molecular weight excluding hydrogens is 386 g/mol. The van der Waals surface area contributed by atoms with Crippen molar-refractivity contribution in [3.05, 3.63) is 47.4 Å². The number of anilines is 1. The molecule has 0 saturated carbocycles. The van der Waals surface area contributed by atoms with Gasteiger partial charge in [0.15, 0.2) is 17.1 Å². The molecule has 2 fully saturated rings. The number of hydrogen-bond donors (Lipinski definition) is 2. The summed E-state index contributed by atoms with van der Waals surface area (Å²) in [6.07, 6.45) is -0.794. The van der Waals surface area contributed by atoms with E-state index in [4.69, 9.17) is 31.5 Å². The third-order valence-electron chi connectivity index (χ3n) is 5.10. The third-order valence-corrected chi connectivity index (χ3v) is 5.36. The maximum Gasteiger partial charge on any atom is 0.223 e. The first-order chi connectivity index (χ1) is 13.6. The van der Waals surface area contributed by atoms with Crippen LogP contribution in [0.3, 0.4) is 0 Å². The molecule has 28 heavy (non-hydrogen) atoms. The minimum atomic E-state index is -0.860. The number of aliphatic hydroxyl groups excluding tert-OH is 1. The van der Waals surface area contributed by atoms with Crippen molar-refractivity contribution in [3.63, 3.8) is 0 Å². The second-order valence-corrected chi connectivity index (χ2v) is 7.16. The Morgan fingerprint density at radius 2 is 1.96 bits per heavy atom. The molecule has 2 saturated heterocycles. The van der Waals surface area contributed by atoms with Gasteiger partial charge < -0.3 is 29.6 Å². The molecule has 146 valence electrons. The summed E-state index contributed by atoms with van der Waals surface area (Å²) in [6.45, 7) is 0.581. The Kier molecular flexibility index (Phi) is 4.41. The van der Waals surface area contributed by atoms with Gasteiger partial charge in [-0.3, -0.25) is 0 Å². The third kappa shape index (κ3) is 2.92. The molecule has 0 aliphatic carbocycles. The van der Waals surface area contributed by atoms with Gasteiger partial charge in [-0.25, -0.2) is 4.98 Å². The molecule has 0 spiro atoms. The average Bonchev–Trinajstić information content (AvgIpc) is 3.13. The largest absolute Gasteiger partial charge is 0.388 e. The topological polar surface area (TPSA) is 118 Å². The van der Waals surface area contributed by atoms with Crippen LogP contribution in [-0.4, -0.2) is 56.2 Å². The molecule has 0 amide bonds. The van der Waals surface area contributed by atoms with Crippen LogP contribution >= 0.6 is 11.6 Å². The summed E-state index contributed by atoms with van der Waals surface area (Å²) in [5.74, 6) is 0.0369. The van der Waals surface area contributed by atoms with Gasteiger partial charge in [0.25, 0.3) is 0 Å². The fourth-order valence-corrected chi connectivity index (χ4v) is 3.92. The smallest absolute Gasteiger partial charge is 0.223 e. The molecule has 3 aromatic rings. The first-order valence-corrected chi connectivity index (χ1v) is 9.27. The van der Waals surface area contributed by atoms with Crippen LogP contribution in [0, 0.1) is 0 Å². The SMILES string of the molecule is Nc1nc(Cl)c2ncn([C@@H]3CO[C@@H]4CO[C@@H](c5ccccc5)O[C@H]4[C@H]3O)c2n1. The van der Waals surface area contributed by atoms with E-state index in [1.54, 1.807) is 10.9 Å². The Morgan fingerprint density at radius 1 is 1.14 bits per heavy atom. The van der Waals surface area contributed by atoms with Crippen molar-refractivity contribution in [2.24, 2.45) is 0 Å². The zero-order chi connectivity index (χ0) is 19.3. The number of nitrogens with two attached hydrogens (primary N) is 1. The fourth-order valence-electron chi connectivity index (χ4n) is 3.70. The molecule has 9 nitrogen and oxygen atoms in total. The predicted octanol–water partition coefficient (Wildman–Crippen LogP) is 1.48. The number of fused-ring (bicyclic) bond motifs is 2. The molecule has 5 atom stereocenters. The Morgan fingerprint density at radius 3 is 2.79 bits per heavy atom. The van der Waals surface area contributed by atoms with Crippen LogP contribution in [0.4, 0.5) is 5.95 Å². The van der Waals surface area contributed by atoms with Gasteiger partial charge in [-0.2, -0.15) is 9.97 Å². The second-order valence-electron chi connectivity index (χ2n) is 6.80. The number of aliphatic hydroxyl groups is 1. The number of imidazole rings is 1. The summed E-state index contributed by atoms with van der Waals surface area (Å²) in [6, 6.07) is 9.12. The average molecular weight is 404 g/mol. The van der Waals surface area contributed by atoms with Crippen molar-refractivity contribution in [2.75, 3.05) is 18.9 Å². The molecule has 2 aliphatic heterocycles. The first kappa shape index (κ1) is 17.8. The molecule has 10 heteroatoms. The number of benzene rings is 1. The highest BCUT2D eigenvalue weighted by molar-refractivity contribution is 6.33. The van der Waals surface area contributed by atoms with Gasteiger partial charge in [0.2, 0.25) is 5.95 Å². The number of ether oxygens (including phenoxy) is 3. The molecule has 1 aromatic carbocycles. The van der Waals surface area contributed by atoms with E-state index >= 15 is 0 Å². The van der Waals surface area contributed by atoms with Crippen LogP contribution in [-0.2, 0) is 14.2 Å². The number of nitrogen functional groups attached to an aromatic ring is 1. The Labute approximate surface area is 165 Å². The summed E-state index contributed by atoms with van der Waals surface area (Å²) in [5.41, 5.74) is 7.46. The van der Waals surface area contributed by atoms with Crippen LogP contribution in [0.2, 0.25) is 5.15 Å². The van der Waals surface area contributed by atoms with E-state index in [1.165, 1.54) is 0 Å². The van der Waals surface area contributed by atoms with E-state index in [9.17, 15) is 5.11 Å². The molecule has 2 aromatic heterocycles. The molecule has 2 aliphatic rings. The van der Waals surface area contributed by atoms with Gasteiger partial charge in [0.05, 0.1) is 25.6 Å². The number of nitrogens with zero attached hydrogens (tertiary/aromatic N) is 4. The summed E-state index contributed by atoms with van der Waals surface area (Å²) >= 11 is 6.11. The second kappa shape index (κ2) is 6.94. The lowest BCUT2D eigenvalue weighted by Gasteiger charge is -2.45.